The Morgan fingerprint density at radius 3 is 2.26 bits per heavy atom. The van der Waals surface area contributed by atoms with Crippen molar-refractivity contribution < 1.29 is 14.3 Å². The minimum Gasteiger partial charge on any atom is -0.444 e. The molecule has 0 radical (unpaired) electrons. The predicted octanol–water partition coefficient (Wildman–Crippen LogP) is 3.47. The quantitative estimate of drug-likeness (QED) is 0.879. The first-order chi connectivity index (χ1) is 10.8. The van der Waals surface area contributed by atoms with Crippen LogP contribution in [-0.2, 0) is 11.8 Å². The first-order valence-electron chi connectivity index (χ1n) is 7.48. The standard InChI is InChI=1S/C18H22N2O3/c1-18(2,3)23-17(22)19-15(13-9-6-5-7-10-13)16(21)14-11-8-12-20(14)4/h5-12,15H,1-4H3,(H,19,22)/t15-/m0/s1. The van der Waals surface area contributed by atoms with Crippen LogP contribution in [0.2, 0.25) is 0 Å². The van der Waals surface area contributed by atoms with Gasteiger partial charge in [-0.15, -0.1) is 0 Å². The summed E-state index contributed by atoms with van der Waals surface area (Å²) in [4.78, 5) is 24.9. The third kappa shape index (κ3) is 4.45. The molecule has 0 spiro atoms. The Bertz CT molecular complexity index is 684. The van der Waals surface area contributed by atoms with Gasteiger partial charge in [0.25, 0.3) is 0 Å². The molecule has 1 heterocycles. The maximum Gasteiger partial charge on any atom is 0.408 e. The molecule has 0 fully saturated rings. The molecule has 0 unspecified atom stereocenters. The number of rotatable bonds is 4. The molecule has 1 atom stereocenters. The lowest BCUT2D eigenvalue weighted by molar-refractivity contribution is 0.0490. The SMILES string of the molecule is Cn1cccc1C(=O)[C@@H](NC(=O)OC(C)(C)C)c1ccccc1. The van der Waals surface area contributed by atoms with Crippen molar-refractivity contribution in [2.24, 2.45) is 7.05 Å². The number of carbonyl (C=O) groups excluding carboxylic acids is 2. The van der Waals surface area contributed by atoms with E-state index in [4.69, 9.17) is 4.74 Å². The zero-order valence-corrected chi connectivity index (χ0v) is 13.9. The van der Waals surface area contributed by atoms with Crippen LogP contribution in [0.15, 0.2) is 48.7 Å². The summed E-state index contributed by atoms with van der Waals surface area (Å²) < 4.78 is 7.01. The molecule has 122 valence electrons. The van der Waals surface area contributed by atoms with Gasteiger partial charge in [-0.3, -0.25) is 4.79 Å². The average Bonchev–Trinajstić information content (AvgIpc) is 2.89. The summed E-state index contributed by atoms with van der Waals surface area (Å²) in [5.41, 5.74) is 0.610. The number of amides is 1. The van der Waals surface area contributed by atoms with Gasteiger partial charge in [-0.2, -0.15) is 0 Å². The second kappa shape index (κ2) is 6.69. The number of nitrogens with zero attached hydrogens (tertiary/aromatic N) is 1. The monoisotopic (exact) mass is 314 g/mol. The van der Waals surface area contributed by atoms with E-state index >= 15 is 0 Å². The largest absolute Gasteiger partial charge is 0.444 e. The van der Waals surface area contributed by atoms with Crippen LogP contribution in [0, 0.1) is 0 Å². The third-order valence-electron chi connectivity index (χ3n) is 3.25. The molecule has 5 heteroatoms. The molecule has 0 saturated carbocycles. The summed E-state index contributed by atoms with van der Waals surface area (Å²) in [5.74, 6) is -0.186. The van der Waals surface area contributed by atoms with Gasteiger partial charge in [0, 0.05) is 13.2 Å². The van der Waals surface area contributed by atoms with Crippen LogP contribution in [0.3, 0.4) is 0 Å². The second-order valence-corrected chi connectivity index (χ2v) is 6.36. The van der Waals surface area contributed by atoms with E-state index in [1.807, 2.05) is 30.3 Å². The van der Waals surface area contributed by atoms with Gasteiger partial charge in [0.1, 0.15) is 11.6 Å². The number of nitrogens with one attached hydrogen (secondary N) is 1. The van der Waals surface area contributed by atoms with E-state index in [1.54, 1.807) is 50.7 Å². The number of benzene rings is 1. The molecule has 1 aromatic carbocycles. The van der Waals surface area contributed by atoms with E-state index in [9.17, 15) is 9.59 Å². The van der Waals surface area contributed by atoms with Crippen LogP contribution in [0.1, 0.15) is 42.9 Å². The maximum absolute atomic E-state index is 12.8. The Morgan fingerprint density at radius 1 is 1.09 bits per heavy atom. The molecular formula is C18H22N2O3. The van der Waals surface area contributed by atoms with E-state index in [0.29, 0.717) is 11.3 Å². The number of alkyl carbamates (subject to hydrolysis) is 1. The van der Waals surface area contributed by atoms with Gasteiger partial charge in [-0.05, 0) is 38.5 Å². The summed E-state index contributed by atoms with van der Waals surface area (Å²) in [6.45, 7) is 5.34. The smallest absolute Gasteiger partial charge is 0.408 e. The molecule has 0 aliphatic carbocycles. The first kappa shape index (κ1) is 16.8. The Labute approximate surface area is 136 Å². The highest BCUT2D eigenvalue weighted by Gasteiger charge is 2.27. The topological polar surface area (TPSA) is 60.3 Å². The van der Waals surface area contributed by atoms with Gasteiger partial charge < -0.3 is 14.6 Å². The number of carbonyl (C=O) groups is 2. The molecule has 0 aliphatic rings. The van der Waals surface area contributed by atoms with Crippen LogP contribution in [0.4, 0.5) is 4.79 Å². The molecule has 1 amide bonds. The van der Waals surface area contributed by atoms with Gasteiger partial charge in [-0.1, -0.05) is 30.3 Å². The first-order valence-corrected chi connectivity index (χ1v) is 7.48. The summed E-state index contributed by atoms with van der Waals surface area (Å²) in [6, 6.07) is 11.9. The van der Waals surface area contributed by atoms with Crippen molar-refractivity contribution in [2.45, 2.75) is 32.4 Å². The number of hydrogen-bond acceptors (Lipinski definition) is 3. The van der Waals surface area contributed by atoms with E-state index in [1.165, 1.54) is 0 Å². The predicted molar refractivity (Wildman–Crippen MR) is 88.3 cm³/mol. The molecule has 5 nitrogen and oxygen atoms in total. The van der Waals surface area contributed by atoms with Crippen molar-refractivity contribution in [2.75, 3.05) is 0 Å². The lowest BCUT2D eigenvalue weighted by Gasteiger charge is -2.23. The molecule has 23 heavy (non-hydrogen) atoms. The number of aryl methyl sites for hydroxylation is 1. The molecular weight excluding hydrogens is 292 g/mol. The van der Waals surface area contributed by atoms with E-state index in [2.05, 4.69) is 5.32 Å². The number of Topliss-reactive ketones (excluding diaryl/α,β-unsaturated/α-hetero) is 1. The van der Waals surface area contributed by atoms with Crippen molar-refractivity contribution in [1.29, 1.82) is 0 Å². The molecule has 2 aromatic rings. The number of ether oxygens (including phenoxy) is 1. The Balaban J connectivity index is 2.28. The summed E-state index contributed by atoms with van der Waals surface area (Å²) >= 11 is 0. The van der Waals surface area contributed by atoms with Gasteiger partial charge in [0.2, 0.25) is 5.78 Å². The lowest BCUT2D eigenvalue weighted by atomic mass is 10.0. The highest BCUT2D eigenvalue weighted by Crippen LogP contribution is 2.19. The van der Waals surface area contributed by atoms with Crippen molar-refractivity contribution in [3.8, 4) is 0 Å². The van der Waals surface area contributed by atoms with Gasteiger partial charge in [-0.25, -0.2) is 4.79 Å². The average molecular weight is 314 g/mol. The highest BCUT2D eigenvalue weighted by molar-refractivity contribution is 6.01. The van der Waals surface area contributed by atoms with Crippen molar-refractivity contribution in [3.05, 3.63) is 59.9 Å². The highest BCUT2D eigenvalue weighted by atomic mass is 16.6. The summed E-state index contributed by atoms with van der Waals surface area (Å²) in [5, 5.41) is 2.68. The number of hydrogen-bond donors (Lipinski definition) is 1. The molecule has 2 rings (SSSR count). The van der Waals surface area contributed by atoms with Crippen molar-refractivity contribution in [1.82, 2.24) is 9.88 Å². The second-order valence-electron chi connectivity index (χ2n) is 6.36. The lowest BCUT2D eigenvalue weighted by Crippen LogP contribution is -2.38. The van der Waals surface area contributed by atoms with E-state index < -0.39 is 17.7 Å². The van der Waals surface area contributed by atoms with Gasteiger partial charge in [0.05, 0.1) is 5.69 Å². The third-order valence-corrected chi connectivity index (χ3v) is 3.25. The zero-order chi connectivity index (χ0) is 17.0. The van der Waals surface area contributed by atoms with Gasteiger partial charge >= 0.3 is 6.09 Å². The summed E-state index contributed by atoms with van der Waals surface area (Å²) in [7, 11) is 1.79. The number of aromatic nitrogens is 1. The minimum atomic E-state index is -0.792. The van der Waals surface area contributed by atoms with Crippen LogP contribution in [-0.4, -0.2) is 22.0 Å². The molecule has 0 bridgehead atoms. The maximum atomic E-state index is 12.8. The van der Waals surface area contributed by atoms with Gasteiger partial charge in [0.15, 0.2) is 0 Å². The van der Waals surface area contributed by atoms with Crippen molar-refractivity contribution >= 4 is 11.9 Å². The Hall–Kier alpha value is -2.56. The van der Waals surface area contributed by atoms with E-state index in [0.717, 1.165) is 0 Å². The minimum absolute atomic E-state index is 0.186. The van der Waals surface area contributed by atoms with Crippen LogP contribution >= 0.6 is 0 Å². The van der Waals surface area contributed by atoms with Crippen LogP contribution in [0.25, 0.3) is 0 Å². The molecule has 0 aliphatic heterocycles. The van der Waals surface area contributed by atoms with Crippen LogP contribution in [0.5, 0.6) is 0 Å². The van der Waals surface area contributed by atoms with E-state index in [-0.39, 0.29) is 5.78 Å². The fourth-order valence-corrected chi connectivity index (χ4v) is 2.24. The van der Waals surface area contributed by atoms with Crippen molar-refractivity contribution in [3.63, 3.8) is 0 Å². The zero-order valence-electron chi connectivity index (χ0n) is 13.9. The fraction of sp³-hybridized carbons (Fsp3) is 0.333. The molecule has 0 saturated heterocycles. The Morgan fingerprint density at radius 2 is 1.74 bits per heavy atom. The molecule has 1 aromatic heterocycles. The van der Waals surface area contributed by atoms with Crippen LogP contribution < -0.4 is 5.32 Å². The fourth-order valence-electron chi connectivity index (χ4n) is 2.24. The number of ketones is 1. The summed E-state index contributed by atoms with van der Waals surface area (Å²) in [6.07, 6.45) is 1.18. The Kier molecular flexibility index (Phi) is 4.89. The molecule has 1 N–H and O–H groups in total. The normalized spacial score (nSPS) is 12.5.